The Morgan fingerprint density at radius 3 is 2.15 bits per heavy atom. The predicted molar refractivity (Wildman–Crippen MR) is 205 cm³/mol. The molecule has 11 heteroatoms. The maximum absolute atomic E-state index is 13.8. The van der Waals surface area contributed by atoms with Gasteiger partial charge >= 0.3 is 0 Å². The molecule has 1 atom stereocenters. The van der Waals surface area contributed by atoms with Crippen LogP contribution in [-0.4, -0.2) is 48.8 Å². The van der Waals surface area contributed by atoms with Gasteiger partial charge in [0.25, 0.3) is 11.8 Å². The first-order valence-electron chi connectivity index (χ1n) is 16.7. The number of ketones is 2. The van der Waals surface area contributed by atoms with Gasteiger partial charge in [0, 0.05) is 44.5 Å². The number of hydrogen-bond acceptors (Lipinski definition) is 8. The summed E-state index contributed by atoms with van der Waals surface area (Å²) in [7, 11) is 3.03. The van der Waals surface area contributed by atoms with Gasteiger partial charge in [0.1, 0.15) is 17.2 Å². The van der Waals surface area contributed by atoms with E-state index >= 15 is 0 Å². The molecule has 0 saturated heterocycles. The second-order valence-corrected chi connectivity index (χ2v) is 13.2. The van der Waals surface area contributed by atoms with Crippen molar-refractivity contribution >= 4 is 58.5 Å². The fourth-order valence-corrected chi connectivity index (χ4v) is 6.84. The zero-order valence-corrected chi connectivity index (χ0v) is 29.9. The van der Waals surface area contributed by atoms with E-state index in [-0.39, 0.29) is 40.0 Å². The number of methoxy groups -OCH3 is 2. The van der Waals surface area contributed by atoms with Gasteiger partial charge in [-0.05, 0) is 61.0 Å². The van der Waals surface area contributed by atoms with E-state index in [0.29, 0.717) is 50.8 Å². The Bertz CT molecular complexity index is 2270. The summed E-state index contributed by atoms with van der Waals surface area (Å²) in [6.07, 6.45) is 1.96. The van der Waals surface area contributed by atoms with Crippen LogP contribution in [0.25, 0.3) is 6.08 Å². The maximum Gasteiger partial charge on any atom is 0.272 e. The van der Waals surface area contributed by atoms with Crippen LogP contribution < -0.4 is 25.4 Å². The van der Waals surface area contributed by atoms with Gasteiger partial charge < -0.3 is 25.4 Å². The number of carbonyl (C=O) groups excluding carboxylic acids is 5. The SMILES string of the molecule is CCC(Sc1cccc(NC(=O)/C(=C\c2ccc(OC)cc2OC)NC(=O)c2ccccc2)c1)C(=O)Nc1cccc2c1C(=O)c1ccccc1C2=O. The summed E-state index contributed by atoms with van der Waals surface area (Å²) < 4.78 is 10.8. The number of ether oxygens (including phenoxy) is 2. The molecule has 53 heavy (non-hydrogen) atoms. The van der Waals surface area contributed by atoms with E-state index in [2.05, 4.69) is 16.0 Å². The number of amides is 3. The van der Waals surface area contributed by atoms with Crippen LogP contribution in [0.2, 0.25) is 0 Å². The van der Waals surface area contributed by atoms with E-state index in [1.54, 1.807) is 109 Å². The highest BCUT2D eigenvalue weighted by molar-refractivity contribution is 8.00. The van der Waals surface area contributed by atoms with Crippen molar-refractivity contribution in [2.75, 3.05) is 24.9 Å². The lowest BCUT2D eigenvalue weighted by Gasteiger charge is -2.21. The summed E-state index contributed by atoms with van der Waals surface area (Å²) >= 11 is 1.28. The molecule has 0 spiro atoms. The Kier molecular flexibility index (Phi) is 11.1. The summed E-state index contributed by atoms with van der Waals surface area (Å²) in [6.45, 7) is 1.87. The average molecular weight is 726 g/mol. The van der Waals surface area contributed by atoms with Crippen molar-refractivity contribution in [2.45, 2.75) is 23.5 Å². The average Bonchev–Trinajstić information content (AvgIpc) is 3.19. The summed E-state index contributed by atoms with van der Waals surface area (Å²) in [4.78, 5) is 67.9. The van der Waals surface area contributed by atoms with Gasteiger partial charge in [-0.3, -0.25) is 24.0 Å². The van der Waals surface area contributed by atoms with E-state index in [1.807, 2.05) is 13.0 Å². The lowest BCUT2D eigenvalue weighted by Crippen LogP contribution is -2.30. The summed E-state index contributed by atoms with van der Waals surface area (Å²) in [5, 5.41) is 7.90. The molecule has 5 aromatic rings. The van der Waals surface area contributed by atoms with E-state index in [4.69, 9.17) is 9.47 Å². The minimum Gasteiger partial charge on any atom is -0.497 e. The van der Waals surface area contributed by atoms with Gasteiger partial charge in [-0.2, -0.15) is 0 Å². The van der Waals surface area contributed by atoms with Crippen LogP contribution in [0.1, 0.15) is 61.1 Å². The highest BCUT2D eigenvalue weighted by atomic mass is 32.2. The number of hydrogen-bond donors (Lipinski definition) is 3. The molecule has 1 aliphatic rings. The Morgan fingerprint density at radius 2 is 1.43 bits per heavy atom. The van der Waals surface area contributed by atoms with E-state index in [0.717, 1.165) is 0 Å². The van der Waals surface area contributed by atoms with Crippen LogP contribution in [0.15, 0.2) is 126 Å². The van der Waals surface area contributed by atoms with Gasteiger partial charge in [0.05, 0.1) is 30.7 Å². The van der Waals surface area contributed by atoms with E-state index in [9.17, 15) is 24.0 Å². The summed E-state index contributed by atoms with van der Waals surface area (Å²) in [5.74, 6) is -1.01. The molecule has 5 aromatic carbocycles. The molecule has 0 aromatic heterocycles. The molecule has 0 saturated carbocycles. The van der Waals surface area contributed by atoms with Crippen molar-refractivity contribution in [3.63, 3.8) is 0 Å². The van der Waals surface area contributed by atoms with E-state index < -0.39 is 17.1 Å². The number of benzene rings is 5. The molecule has 0 radical (unpaired) electrons. The standard InChI is InChI=1S/C42H35N3O7S/c1-4-36(42(50)44-33-19-11-18-32-37(33)39(47)31-17-9-8-16-30(31)38(32)46)53-29-15-10-14-27(23-29)43-41(49)34(45-40(48)25-12-6-5-7-13-25)22-26-20-21-28(51-2)24-35(26)52-3/h5-24,36H,4H2,1-3H3,(H,43,49)(H,44,50)(H,45,48)/b34-22+. The Balaban J connectivity index is 1.21. The van der Waals surface area contributed by atoms with Crippen LogP contribution in [0.4, 0.5) is 11.4 Å². The normalized spacial score (nSPS) is 12.5. The molecular weight excluding hydrogens is 691 g/mol. The Morgan fingerprint density at radius 1 is 0.736 bits per heavy atom. The topological polar surface area (TPSA) is 140 Å². The lowest BCUT2D eigenvalue weighted by molar-refractivity contribution is -0.116. The van der Waals surface area contributed by atoms with Crippen LogP contribution in [0.5, 0.6) is 11.5 Å². The third kappa shape index (κ3) is 8.05. The summed E-state index contributed by atoms with van der Waals surface area (Å²) in [5.41, 5.74) is 2.61. The fourth-order valence-electron chi connectivity index (χ4n) is 5.83. The van der Waals surface area contributed by atoms with Crippen molar-refractivity contribution in [3.8, 4) is 11.5 Å². The Labute approximate surface area is 310 Å². The number of fused-ring (bicyclic) bond motifs is 2. The molecule has 6 rings (SSSR count). The van der Waals surface area contributed by atoms with Crippen molar-refractivity contribution in [1.29, 1.82) is 0 Å². The van der Waals surface area contributed by atoms with Crippen LogP contribution in [0, 0.1) is 0 Å². The predicted octanol–water partition coefficient (Wildman–Crippen LogP) is 7.40. The molecule has 0 aliphatic heterocycles. The number of anilines is 2. The van der Waals surface area contributed by atoms with Crippen LogP contribution in [0.3, 0.4) is 0 Å². The first kappa shape index (κ1) is 36.3. The first-order valence-corrected chi connectivity index (χ1v) is 17.6. The number of nitrogens with one attached hydrogen (secondary N) is 3. The van der Waals surface area contributed by atoms with Crippen molar-refractivity contribution in [2.24, 2.45) is 0 Å². The molecule has 1 aliphatic carbocycles. The van der Waals surface area contributed by atoms with Crippen LogP contribution >= 0.6 is 11.8 Å². The highest BCUT2D eigenvalue weighted by Crippen LogP contribution is 2.34. The molecule has 3 N–H and O–H groups in total. The monoisotopic (exact) mass is 725 g/mol. The number of rotatable bonds is 12. The highest BCUT2D eigenvalue weighted by Gasteiger charge is 2.32. The zero-order valence-electron chi connectivity index (χ0n) is 29.1. The van der Waals surface area contributed by atoms with Gasteiger partial charge in [0.2, 0.25) is 5.91 Å². The molecule has 10 nitrogen and oxygen atoms in total. The molecule has 1 unspecified atom stereocenters. The molecule has 266 valence electrons. The fraction of sp³-hybridized carbons (Fsp3) is 0.119. The van der Waals surface area contributed by atoms with Crippen molar-refractivity contribution < 1.29 is 33.4 Å². The smallest absolute Gasteiger partial charge is 0.272 e. The minimum atomic E-state index is -0.589. The Hall–Kier alpha value is -6.46. The van der Waals surface area contributed by atoms with Gasteiger partial charge in [0.15, 0.2) is 11.6 Å². The van der Waals surface area contributed by atoms with Gasteiger partial charge in [-0.25, -0.2) is 0 Å². The molecule has 3 amide bonds. The lowest BCUT2D eigenvalue weighted by atomic mass is 9.83. The molecular formula is C42H35N3O7S. The third-order valence-electron chi connectivity index (χ3n) is 8.51. The van der Waals surface area contributed by atoms with E-state index in [1.165, 1.54) is 32.1 Å². The molecule has 0 bridgehead atoms. The minimum absolute atomic E-state index is 0.0342. The largest absolute Gasteiger partial charge is 0.497 e. The number of carbonyl (C=O) groups is 5. The first-order chi connectivity index (χ1) is 25.7. The van der Waals surface area contributed by atoms with Crippen LogP contribution in [-0.2, 0) is 9.59 Å². The zero-order chi connectivity index (χ0) is 37.5. The quantitative estimate of drug-likeness (QED) is 0.0877. The van der Waals surface area contributed by atoms with Crippen molar-refractivity contribution in [3.05, 3.63) is 154 Å². The maximum atomic E-state index is 13.8. The van der Waals surface area contributed by atoms with Gasteiger partial charge in [-0.15, -0.1) is 11.8 Å². The second kappa shape index (κ2) is 16.3. The second-order valence-electron chi connectivity index (χ2n) is 11.9. The third-order valence-corrected chi connectivity index (χ3v) is 9.87. The van der Waals surface area contributed by atoms with Crippen molar-refractivity contribution in [1.82, 2.24) is 5.32 Å². The molecule has 0 heterocycles. The summed E-state index contributed by atoms with van der Waals surface area (Å²) in [6, 6.07) is 32.1. The number of thioether (sulfide) groups is 1. The van der Waals surface area contributed by atoms with Gasteiger partial charge in [-0.1, -0.05) is 67.6 Å². The molecule has 0 fully saturated rings.